The Morgan fingerprint density at radius 1 is 1.43 bits per heavy atom. The Bertz CT molecular complexity index is 264. The van der Waals surface area contributed by atoms with Crippen LogP contribution in [0.4, 0.5) is 0 Å². The number of nitrogens with one attached hydrogen (secondary N) is 1. The maximum absolute atomic E-state index is 4.22. The monoisotopic (exact) mass is 215 g/mol. The van der Waals surface area contributed by atoms with Crippen LogP contribution in [0.25, 0.3) is 0 Å². The number of halogens is 1. The molecule has 14 heavy (non-hydrogen) atoms. The van der Waals surface area contributed by atoms with Gasteiger partial charge in [-0.3, -0.25) is 4.68 Å². The molecule has 0 spiro atoms. The molecule has 1 unspecified atom stereocenters. The third kappa shape index (κ3) is 2.49. The predicted molar refractivity (Wildman–Crippen MR) is 59.9 cm³/mol. The number of aryl methyl sites for hydroxylation is 1. The van der Waals surface area contributed by atoms with Crippen molar-refractivity contribution in [3.8, 4) is 0 Å². The van der Waals surface area contributed by atoms with Crippen molar-refractivity contribution < 1.29 is 0 Å². The molecule has 1 aromatic heterocycles. The van der Waals surface area contributed by atoms with E-state index in [1.807, 2.05) is 17.9 Å². The van der Waals surface area contributed by atoms with E-state index in [0.717, 1.165) is 6.54 Å². The minimum atomic E-state index is 0. The second kappa shape index (κ2) is 5.37. The molecule has 1 fully saturated rings. The van der Waals surface area contributed by atoms with Gasteiger partial charge in [-0.1, -0.05) is 0 Å². The van der Waals surface area contributed by atoms with Gasteiger partial charge in [0.15, 0.2) is 0 Å². The van der Waals surface area contributed by atoms with E-state index in [-0.39, 0.29) is 12.4 Å². The van der Waals surface area contributed by atoms with Crippen molar-refractivity contribution in [2.24, 2.45) is 7.05 Å². The molecule has 1 aliphatic rings. The zero-order valence-electron chi connectivity index (χ0n) is 8.57. The van der Waals surface area contributed by atoms with E-state index in [1.165, 1.54) is 31.5 Å². The van der Waals surface area contributed by atoms with Gasteiger partial charge in [0.25, 0.3) is 0 Å². The molecule has 2 rings (SSSR count). The van der Waals surface area contributed by atoms with Gasteiger partial charge in [-0.25, -0.2) is 0 Å². The number of aromatic nitrogens is 2. The van der Waals surface area contributed by atoms with Crippen molar-refractivity contribution >= 4 is 12.4 Å². The number of hydrogen-bond acceptors (Lipinski definition) is 2. The van der Waals surface area contributed by atoms with Crippen molar-refractivity contribution in [2.45, 2.75) is 25.2 Å². The first-order valence-electron chi connectivity index (χ1n) is 5.06. The molecular weight excluding hydrogens is 198 g/mol. The summed E-state index contributed by atoms with van der Waals surface area (Å²) < 4.78 is 2.01. The van der Waals surface area contributed by atoms with Gasteiger partial charge in [-0.15, -0.1) is 12.4 Å². The van der Waals surface area contributed by atoms with Gasteiger partial charge in [0.1, 0.15) is 0 Å². The number of rotatable bonds is 1. The zero-order chi connectivity index (χ0) is 9.10. The summed E-state index contributed by atoms with van der Waals surface area (Å²) in [5.41, 5.74) is 1.39. The Kier molecular flexibility index (Phi) is 4.42. The average molecular weight is 216 g/mol. The van der Waals surface area contributed by atoms with Gasteiger partial charge >= 0.3 is 0 Å². The molecule has 1 aromatic rings. The molecule has 0 radical (unpaired) electrons. The molecule has 80 valence electrons. The molecule has 1 saturated heterocycles. The summed E-state index contributed by atoms with van der Waals surface area (Å²) in [5.74, 6) is 0.711. The minimum Gasteiger partial charge on any atom is -0.317 e. The van der Waals surface area contributed by atoms with Crippen LogP contribution < -0.4 is 5.32 Å². The second-order valence-corrected chi connectivity index (χ2v) is 3.76. The Labute approximate surface area is 91.3 Å². The molecule has 1 N–H and O–H groups in total. The maximum atomic E-state index is 4.22. The lowest BCUT2D eigenvalue weighted by Crippen LogP contribution is -2.14. The summed E-state index contributed by atoms with van der Waals surface area (Å²) in [6.07, 6.45) is 5.73. The van der Waals surface area contributed by atoms with Crippen molar-refractivity contribution in [2.75, 3.05) is 13.1 Å². The van der Waals surface area contributed by atoms with Crippen LogP contribution in [0, 0.1) is 0 Å². The average Bonchev–Trinajstić information content (AvgIpc) is 2.43. The molecule has 1 atom stereocenters. The first-order valence-corrected chi connectivity index (χ1v) is 5.06. The molecule has 0 bridgehead atoms. The summed E-state index contributed by atoms with van der Waals surface area (Å²) in [7, 11) is 2.04. The fraction of sp³-hybridized carbons (Fsp3) is 0.700. The van der Waals surface area contributed by atoms with Gasteiger partial charge in [-0.2, -0.15) is 5.10 Å². The molecule has 1 aliphatic heterocycles. The van der Waals surface area contributed by atoms with Crippen molar-refractivity contribution in [3.63, 3.8) is 0 Å². The largest absolute Gasteiger partial charge is 0.317 e. The highest BCUT2D eigenvalue weighted by molar-refractivity contribution is 5.85. The van der Waals surface area contributed by atoms with Crippen LogP contribution in [0.3, 0.4) is 0 Å². The Morgan fingerprint density at radius 3 is 3.00 bits per heavy atom. The Balaban J connectivity index is 0.000000980. The molecule has 0 saturated carbocycles. The maximum Gasteiger partial charge on any atom is 0.0492 e. The van der Waals surface area contributed by atoms with E-state index < -0.39 is 0 Å². The predicted octanol–water partition coefficient (Wildman–Crippen LogP) is 1.70. The lowest BCUT2D eigenvalue weighted by atomic mass is 9.97. The highest BCUT2D eigenvalue weighted by Gasteiger charge is 2.16. The molecule has 4 heteroatoms. The summed E-state index contributed by atoms with van der Waals surface area (Å²) >= 11 is 0. The topological polar surface area (TPSA) is 29.9 Å². The third-order valence-corrected chi connectivity index (χ3v) is 2.85. The summed E-state index contributed by atoms with van der Waals surface area (Å²) in [6.45, 7) is 2.32. The molecule has 2 heterocycles. The molecular formula is C10H18ClN3. The van der Waals surface area contributed by atoms with Crippen LogP contribution in [0.2, 0.25) is 0 Å². The van der Waals surface area contributed by atoms with E-state index in [2.05, 4.69) is 16.5 Å². The lowest BCUT2D eigenvalue weighted by molar-refractivity contribution is 0.553. The summed E-state index contributed by atoms with van der Waals surface area (Å²) in [6, 6.07) is 2.15. The van der Waals surface area contributed by atoms with Crippen LogP contribution in [0.5, 0.6) is 0 Å². The van der Waals surface area contributed by atoms with Gasteiger partial charge in [0, 0.05) is 24.9 Å². The van der Waals surface area contributed by atoms with Gasteiger partial charge < -0.3 is 5.32 Å². The Hall–Kier alpha value is -0.540. The molecule has 0 amide bonds. The van der Waals surface area contributed by atoms with Crippen LogP contribution in [0.15, 0.2) is 12.3 Å². The van der Waals surface area contributed by atoms with Crippen LogP contribution in [-0.4, -0.2) is 22.9 Å². The van der Waals surface area contributed by atoms with Crippen LogP contribution >= 0.6 is 12.4 Å². The third-order valence-electron chi connectivity index (χ3n) is 2.85. The van der Waals surface area contributed by atoms with Crippen molar-refractivity contribution in [1.29, 1.82) is 0 Å². The van der Waals surface area contributed by atoms with Crippen molar-refractivity contribution in [1.82, 2.24) is 15.1 Å². The van der Waals surface area contributed by atoms with Crippen LogP contribution in [0.1, 0.15) is 30.9 Å². The zero-order valence-corrected chi connectivity index (χ0v) is 9.39. The van der Waals surface area contributed by atoms with E-state index in [0.29, 0.717) is 5.92 Å². The molecule has 0 aromatic carbocycles. The van der Waals surface area contributed by atoms with Crippen molar-refractivity contribution in [3.05, 3.63) is 18.0 Å². The van der Waals surface area contributed by atoms with E-state index >= 15 is 0 Å². The normalized spacial score (nSPS) is 22.5. The number of nitrogens with zero attached hydrogens (tertiary/aromatic N) is 2. The summed E-state index contributed by atoms with van der Waals surface area (Å²) in [5, 5.41) is 7.65. The minimum absolute atomic E-state index is 0. The number of hydrogen-bond donors (Lipinski definition) is 1. The van der Waals surface area contributed by atoms with E-state index in [4.69, 9.17) is 0 Å². The fourth-order valence-corrected chi connectivity index (χ4v) is 2.10. The lowest BCUT2D eigenvalue weighted by Gasteiger charge is -2.13. The molecule has 3 nitrogen and oxygen atoms in total. The van der Waals surface area contributed by atoms with Gasteiger partial charge in [0.2, 0.25) is 0 Å². The highest BCUT2D eigenvalue weighted by Crippen LogP contribution is 2.24. The van der Waals surface area contributed by atoms with E-state index in [1.54, 1.807) is 0 Å². The highest BCUT2D eigenvalue weighted by atomic mass is 35.5. The fourth-order valence-electron chi connectivity index (χ4n) is 2.10. The quantitative estimate of drug-likeness (QED) is 0.773. The van der Waals surface area contributed by atoms with Crippen LogP contribution in [-0.2, 0) is 7.05 Å². The SMILES string of the molecule is Cl.Cn1nccc1C1CCCNCC1. The summed E-state index contributed by atoms with van der Waals surface area (Å²) in [4.78, 5) is 0. The smallest absolute Gasteiger partial charge is 0.0492 e. The first-order chi connectivity index (χ1) is 6.38. The van der Waals surface area contributed by atoms with Gasteiger partial charge in [-0.05, 0) is 38.4 Å². The standard InChI is InChI=1S/C10H17N3.ClH/c1-13-10(5-8-12-13)9-3-2-6-11-7-4-9;/h5,8-9,11H,2-4,6-7H2,1H3;1H. The molecule has 0 aliphatic carbocycles. The first kappa shape index (κ1) is 11.5. The Morgan fingerprint density at radius 2 is 2.29 bits per heavy atom. The van der Waals surface area contributed by atoms with Gasteiger partial charge in [0.05, 0.1) is 0 Å². The van der Waals surface area contributed by atoms with E-state index in [9.17, 15) is 0 Å². The second-order valence-electron chi connectivity index (χ2n) is 3.76.